The van der Waals surface area contributed by atoms with Gasteiger partial charge < -0.3 is 5.32 Å². The lowest BCUT2D eigenvalue weighted by molar-refractivity contribution is 0.556. The first-order valence-electron chi connectivity index (χ1n) is 7.42. The summed E-state index contributed by atoms with van der Waals surface area (Å²) in [6, 6.07) is 2.19. The van der Waals surface area contributed by atoms with E-state index in [-0.39, 0.29) is 0 Å². The Bertz CT molecular complexity index is 402. The van der Waals surface area contributed by atoms with Crippen molar-refractivity contribution < 1.29 is 0 Å². The van der Waals surface area contributed by atoms with Crippen molar-refractivity contribution in [1.82, 2.24) is 15.1 Å². The van der Waals surface area contributed by atoms with E-state index in [0.29, 0.717) is 0 Å². The summed E-state index contributed by atoms with van der Waals surface area (Å²) in [7, 11) is 0. The zero-order valence-electron chi connectivity index (χ0n) is 13.2. The molecule has 0 atom stereocenters. The van der Waals surface area contributed by atoms with Gasteiger partial charge >= 0.3 is 0 Å². The van der Waals surface area contributed by atoms with E-state index in [1.54, 1.807) is 0 Å². The molecule has 19 heavy (non-hydrogen) atoms. The topological polar surface area (TPSA) is 29.9 Å². The molecule has 3 nitrogen and oxygen atoms in total. The third-order valence-electron chi connectivity index (χ3n) is 3.11. The van der Waals surface area contributed by atoms with Crippen LogP contribution in [0, 0.1) is 12.8 Å². The van der Waals surface area contributed by atoms with Gasteiger partial charge in [0.2, 0.25) is 0 Å². The Morgan fingerprint density at radius 1 is 1.47 bits per heavy atom. The first kappa shape index (κ1) is 16.0. The molecule has 0 aliphatic heterocycles. The molecule has 3 heteroatoms. The van der Waals surface area contributed by atoms with E-state index < -0.39 is 0 Å². The molecule has 0 aliphatic rings. The summed E-state index contributed by atoms with van der Waals surface area (Å²) in [6.45, 7) is 14.0. The standard InChI is InChI=1S/C16H29N3/c1-6-19-16(11-15(5)18-19)10-14(4)8-7-9-17-12-13(2)3/h8,11,13,17H,6-7,9-10,12H2,1-5H3. The number of allylic oxidation sites excluding steroid dienone is 1. The van der Waals surface area contributed by atoms with E-state index in [0.717, 1.165) is 44.1 Å². The number of hydrogen-bond donors (Lipinski definition) is 1. The highest BCUT2D eigenvalue weighted by molar-refractivity contribution is 5.16. The van der Waals surface area contributed by atoms with Gasteiger partial charge in [0.05, 0.1) is 5.69 Å². The quantitative estimate of drug-likeness (QED) is 0.576. The summed E-state index contributed by atoms with van der Waals surface area (Å²) in [5.74, 6) is 0.729. The third kappa shape index (κ3) is 6.06. The van der Waals surface area contributed by atoms with E-state index in [1.165, 1.54) is 11.3 Å². The molecule has 1 N–H and O–H groups in total. The minimum Gasteiger partial charge on any atom is -0.316 e. The van der Waals surface area contributed by atoms with Crippen LogP contribution in [0.4, 0.5) is 0 Å². The Kier molecular flexibility index (Phi) is 6.85. The molecule has 0 spiro atoms. The molecule has 0 amide bonds. The van der Waals surface area contributed by atoms with Crippen molar-refractivity contribution in [3.05, 3.63) is 29.1 Å². The fraction of sp³-hybridized carbons (Fsp3) is 0.688. The molecule has 0 aliphatic carbocycles. The van der Waals surface area contributed by atoms with E-state index in [9.17, 15) is 0 Å². The van der Waals surface area contributed by atoms with Crippen molar-refractivity contribution in [3.63, 3.8) is 0 Å². The Morgan fingerprint density at radius 2 is 2.21 bits per heavy atom. The fourth-order valence-electron chi connectivity index (χ4n) is 2.18. The molecular weight excluding hydrogens is 234 g/mol. The predicted molar refractivity (Wildman–Crippen MR) is 82.4 cm³/mol. The summed E-state index contributed by atoms with van der Waals surface area (Å²) >= 11 is 0. The lowest BCUT2D eigenvalue weighted by Crippen LogP contribution is -2.20. The summed E-state index contributed by atoms with van der Waals surface area (Å²) in [6.07, 6.45) is 4.46. The number of nitrogens with one attached hydrogen (secondary N) is 1. The minimum atomic E-state index is 0.729. The monoisotopic (exact) mass is 263 g/mol. The van der Waals surface area contributed by atoms with Crippen molar-refractivity contribution in [1.29, 1.82) is 0 Å². The second-order valence-electron chi connectivity index (χ2n) is 5.71. The van der Waals surface area contributed by atoms with Crippen LogP contribution < -0.4 is 5.32 Å². The Balaban J connectivity index is 2.38. The highest BCUT2D eigenvalue weighted by Crippen LogP contribution is 2.10. The molecule has 0 radical (unpaired) electrons. The lowest BCUT2D eigenvalue weighted by atomic mass is 10.1. The molecule has 0 bridgehead atoms. The number of aromatic nitrogens is 2. The van der Waals surface area contributed by atoms with Gasteiger partial charge in [0, 0.05) is 18.7 Å². The van der Waals surface area contributed by atoms with E-state index >= 15 is 0 Å². The van der Waals surface area contributed by atoms with Crippen LogP contribution in [0.1, 0.15) is 45.5 Å². The molecule has 0 saturated carbocycles. The van der Waals surface area contributed by atoms with Gasteiger partial charge in [0.15, 0.2) is 0 Å². The summed E-state index contributed by atoms with van der Waals surface area (Å²) in [5, 5.41) is 7.96. The van der Waals surface area contributed by atoms with E-state index in [1.807, 2.05) is 0 Å². The fourth-order valence-corrected chi connectivity index (χ4v) is 2.18. The largest absolute Gasteiger partial charge is 0.316 e. The van der Waals surface area contributed by atoms with Crippen LogP contribution in [0.5, 0.6) is 0 Å². The predicted octanol–water partition coefficient (Wildman–Crippen LogP) is 3.34. The van der Waals surface area contributed by atoms with Gasteiger partial charge in [-0.25, -0.2) is 0 Å². The zero-order valence-corrected chi connectivity index (χ0v) is 13.2. The molecule has 1 rings (SSSR count). The van der Waals surface area contributed by atoms with Crippen molar-refractivity contribution >= 4 is 0 Å². The highest BCUT2D eigenvalue weighted by atomic mass is 15.3. The number of rotatable bonds is 8. The number of hydrogen-bond acceptors (Lipinski definition) is 2. The maximum absolute atomic E-state index is 4.49. The first-order chi connectivity index (χ1) is 9.02. The molecule has 1 heterocycles. The zero-order chi connectivity index (χ0) is 14.3. The molecule has 0 fully saturated rings. The third-order valence-corrected chi connectivity index (χ3v) is 3.11. The maximum Gasteiger partial charge on any atom is 0.0596 e. The molecule has 1 aromatic rings. The second kappa shape index (κ2) is 8.16. The van der Waals surface area contributed by atoms with Gasteiger partial charge in [-0.05, 0) is 52.3 Å². The molecule has 0 unspecified atom stereocenters. The smallest absolute Gasteiger partial charge is 0.0596 e. The SMILES string of the molecule is CCn1nc(C)cc1CC(C)=CCCNCC(C)C. The van der Waals surface area contributed by atoms with Crippen LogP contribution in [0.25, 0.3) is 0 Å². The summed E-state index contributed by atoms with van der Waals surface area (Å²) in [4.78, 5) is 0. The van der Waals surface area contributed by atoms with Gasteiger partial charge in [-0.15, -0.1) is 0 Å². The normalized spacial score (nSPS) is 12.4. The van der Waals surface area contributed by atoms with Crippen LogP contribution in [0.2, 0.25) is 0 Å². The average molecular weight is 263 g/mol. The maximum atomic E-state index is 4.49. The molecule has 0 saturated heterocycles. The van der Waals surface area contributed by atoms with Crippen molar-refractivity contribution in [3.8, 4) is 0 Å². The first-order valence-corrected chi connectivity index (χ1v) is 7.42. The van der Waals surface area contributed by atoms with Gasteiger partial charge in [0.25, 0.3) is 0 Å². The van der Waals surface area contributed by atoms with Gasteiger partial charge in [-0.2, -0.15) is 5.10 Å². The Morgan fingerprint density at radius 3 is 2.84 bits per heavy atom. The van der Waals surface area contributed by atoms with Crippen molar-refractivity contribution in [2.75, 3.05) is 13.1 Å². The van der Waals surface area contributed by atoms with Crippen molar-refractivity contribution in [2.24, 2.45) is 5.92 Å². The molecule has 0 aromatic carbocycles. The minimum absolute atomic E-state index is 0.729. The van der Waals surface area contributed by atoms with Crippen LogP contribution in [-0.2, 0) is 13.0 Å². The molecule has 1 aromatic heterocycles. The highest BCUT2D eigenvalue weighted by Gasteiger charge is 2.04. The van der Waals surface area contributed by atoms with E-state index in [2.05, 4.69) is 61.9 Å². The van der Waals surface area contributed by atoms with Crippen LogP contribution in [0.15, 0.2) is 17.7 Å². The molecular formula is C16H29N3. The number of nitrogens with zero attached hydrogens (tertiary/aromatic N) is 2. The van der Waals surface area contributed by atoms with Gasteiger partial charge in [-0.3, -0.25) is 4.68 Å². The summed E-state index contributed by atoms with van der Waals surface area (Å²) < 4.78 is 2.10. The van der Waals surface area contributed by atoms with Crippen LogP contribution in [-0.4, -0.2) is 22.9 Å². The number of aryl methyl sites for hydroxylation is 2. The summed E-state index contributed by atoms with van der Waals surface area (Å²) in [5.41, 5.74) is 3.87. The Labute approximate surface area is 118 Å². The van der Waals surface area contributed by atoms with Gasteiger partial charge in [-0.1, -0.05) is 25.5 Å². The lowest BCUT2D eigenvalue weighted by Gasteiger charge is -2.07. The van der Waals surface area contributed by atoms with Gasteiger partial charge in [0.1, 0.15) is 0 Å². The Hall–Kier alpha value is -1.09. The second-order valence-corrected chi connectivity index (χ2v) is 5.71. The average Bonchev–Trinajstić information content (AvgIpc) is 2.68. The van der Waals surface area contributed by atoms with Crippen molar-refractivity contribution in [2.45, 2.75) is 54.0 Å². The van der Waals surface area contributed by atoms with Crippen LogP contribution in [0.3, 0.4) is 0 Å². The molecule has 108 valence electrons. The van der Waals surface area contributed by atoms with E-state index in [4.69, 9.17) is 0 Å². The van der Waals surface area contributed by atoms with Crippen LogP contribution >= 0.6 is 0 Å².